The number of carbonyl (C=O) groups is 1. The predicted molar refractivity (Wildman–Crippen MR) is 105 cm³/mol. The molecule has 1 amide bonds. The molecule has 1 aromatic carbocycles. The van der Waals surface area contributed by atoms with E-state index in [1.165, 1.54) is 19.3 Å². The Morgan fingerprint density at radius 1 is 1.15 bits per heavy atom. The van der Waals surface area contributed by atoms with Gasteiger partial charge < -0.3 is 20.7 Å². The minimum absolute atomic E-state index is 0.0252. The molecule has 6 heteroatoms. The van der Waals surface area contributed by atoms with E-state index in [1.807, 2.05) is 38.1 Å². The molecule has 0 heterocycles. The smallest absolute Gasteiger partial charge is 0.239 e. The van der Waals surface area contributed by atoms with E-state index >= 15 is 0 Å². The zero-order valence-electron chi connectivity index (χ0n) is 16.0. The van der Waals surface area contributed by atoms with Crippen molar-refractivity contribution in [2.75, 3.05) is 19.7 Å². The van der Waals surface area contributed by atoms with Crippen LogP contribution in [0.15, 0.2) is 29.3 Å². The summed E-state index contributed by atoms with van der Waals surface area (Å²) in [5.74, 6) is 1.51. The highest BCUT2D eigenvalue weighted by molar-refractivity contribution is 5.86. The van der Waals surface area contributed by atoms with Crippen LogP contribution in [0.4, 0.5) is 0 Å². The molecule has 0 radical (unpaired) electrons. The largest absolute Gasteiger partial charge is 0.494 e. The molecule has 144 valence electrons. The molecular formula is C20H32N4O2. The maximum absolute atomic E-state index is 12.2. The van der Waals surface area contributed by atoms with Gasteiger partial charge >= 0.3 is 0 Å². The fourth-order valence-corrected chi connectivity index (χ4v) is 3.13. The first-order chi connectivity index (χ1) is 12.7. The van der Waals surface area contributed by atoms with Crippen molar-refractivity contribution < 1.29 is 9.53 Å². The second-order valence-corrected chi connectivity index (χ2v) is 6.49. The van der Waals surface area contributed by atoms with Crippen molar-refractivity contribution in [1.29, 1.82) is 0 Å². The summed E-state index contributed by atoms with van der Waals surface area (Å²) in [5, 5.41) is 9.41. The summed E-state index contributed by atoms with van der Waals surface area (Å²) in [7, 11) is 0. The van der Waals surface area contributed by atoms with E-state index in [2.05, 4.69) is 20.9 Å². The zero-order chi connectivity index (χ0) is 18.6. The van der Waals surface area contributed by atoms with Gasteiger partial charge in [0.15, 0.2) is 5.96 Å². The number of carbonyl (C=O) groups excluding carboxylic acids is 1. The molecule has 1 aromatic rings. The van der Waals surface area contributed by atoms with Crippen LogP contribution in [-0.2, 0) is 11.3 Å². The van der Waals surface area contributed by atoms with Gasteiger partial charge in [0, 0.05) is 18.2 Å². The van der Waals surface area contributed by atoms with Crippen LogP contribution in [-0.4, -0.2) is 37.6 Å². The van der Waals surface area contributed by atoms with Gasteiger partial charge in [-0.2, -0.15) is 0 Å². The van der Waals surface area contributed by atoms with Crippen LogP contribution in [0, 0.1) is 0 Å². The first-order valence-corrected chi connectivity index (χ1v) is 9.75. The summed E-state index contributed by atoms with van der Waals surface area (Å²) in [6.45, 7) is 6.07. The van der Waals surface area contributed by atoms with Crippen molar-refractivity contribution in [2.24, 2.45) is 4.99 Å². The van der Waals surface area contributed by atoms with E-state index in [-0.39, 0.29) is 12.5 Å². The number of rotatable bonds is 8. The molecule has 1 saturated carbocycles. The average Bonchev–Trinajstić information content (AvgIpc) is 2.66. The Morgan fingerprint density at radius 3 is 2.65 bits per heavy atom. The normalized spacial score (nSPS) is 15.4. The van der Waals surface area contributed by atoms with Gasteiger partial charge in [-0.25, -0.2) is 4.99 Å². The second kappa shape index (κ2) is 11.4. The summed E-state index contributed by atoms with van der Waals surface area (Å²) >= 11 is 0. The molecule has 0 spiro atoms. The highest BCUT2D eigenvalue weighted by Crippen LogP contribution is 2.19. The fourth-order valence-electron chi connectivity index (χ4n) is 3.13. The van der Waals surface area contributed by atoms with Crippen LogP contribution >= 0.6 is 0 Å². The molecule has 1 fully saturated rings. The van der Waals surface area contributed by atoms with Gasteiger partial charge in [0.05, 0.1) is 19.7 Å². The molecule has 0 atom stereocenters. The molecule has 0 unspecified atom stereocenters. The number of benzene rings is 1. The Kier molecular flexibility index (Phi) is 8.79. The van der Waals surface area contributed by atoms with Crippen molar-refractivity contribution in [3.05, 3.63) is 29.8 Å². The highest BCUT2D eigenvalue weighted by Gasteiger charge is 2.15. The van der Waals surface area contributed by atoms with Crippen molar-refractivity contribution in [3.8, 4) is 5.75 Å². The Balaban J connectivity index is 1.87. The number of hydrogen-bond acceptors (Lipinski definition) is 3. The van der Waals surface area contributed by atoms with Crippen molar-refractivity contribution in [1.82, 2.24) is 16.0 Å². The van der Waals surface area contributed by atoms with Gasteiger partial charge in [0.25, 0.3) is 0 Å². The lowest BCUT2D eigenvalue weighted by atomic mass is 9.95. The van der Waals surface area contributed by atoms with Crippen LogP contribution in [0.25, 0.3) is 0 Å². The number of ether oxygens (including phenoxy) is 1. The molecule has 1 aliphatic rings. The molecule has 0 aliphatic heterocycles. The Hall–Kier alpha value is -2.24. The molecular weight excluding hydrogens is 328 g/mol. The highest BCUT2D eigenvalue weighted by atomic mass is 16.5. The monoisotopic (exact) mass is 360 g/mol. The summed E-state index contributed by atoms with van der Waals surface area (Å²) in [4.78, 5) is 16.7. The first kappa shape index (κ1) is 20.1. The van der Waals surface area contributed by atoms with Gasteiger partial charge in [-0.1, -0.05) is 37.5 Å². The molecule has 3 N–H and O–H groups in total. The molecule has 0 aromatic heterocycles. The zero-order valence-corrected chi connectivity index (χ0v) is 16.0. The Labute approximate surface area is 156 Å². The summed E-state index contributed by atoms with van der Waals surface area (Å²) in [6, 6.07) is 8.22. The second-order valence-electron chi connectivity index (χ2n) is 6.49. The summed E-state index contributed by atoms with van der Waals surface area (Å²) in [6.07, 6.45) is 5.89. The van der Waals surface area contributed by atoms with Crippen LogP contribution < -0.4 is 20.7 Å². The summed E-state index contributed by atoms with van der Waals surface area (Å²) < 4.78 is 5.64. The molecule has 0 saturated heterocycles. The lowest BCUT2D eigenvalue weighted by Crippen LogP contribution is -2.46. The summed E-state index contributed by atoms with van der Waals surface area (Å²) in [5.41, 5.74) is 1.03. The molecule has 0 bridgehead atoms. The van der Waals surface area contributed by atoms with Crippen molar-refractivity contribution in [2.45, 2.75) is 58.5 Å². The number of amides is 1. The Morgan fingerprint density at radius 2 is 1.92 bits per heavy atom. The van der Waals surface area contributed by atoms with Crippen LogP contribution in [0.3, 0.4) is 0 Å². The minimum atomic E-state index is 0.0252. The number of aliphatic imine (C=N–C) groups is 1. The van der Waals surface area contributed by atoms with E-state index in [9.17, 15) is 4.79 Å². The topological polar surface area (TPSA) is 74.8 Å². The predicted octanol–water partition coefficient (Wildman–Crippen LogP) is 2.59. The standard InChI is InChI=1S/C20H32N4O2/c1-3-21-20(22-14-16-10-8-9-13-18(16)26-4-2)23-15-19(25)24-17-11-6-5-7-12-17/h8-10,13,17H,3-7,11-12,14-15H2,1-2H3,(H,24,25)(H2,21,22,23). The average molecular weight is 361 g/mol. The third-order valence-corrected chi connectivity index (χ3v) is 4.41. The van der Waals surface area contributed by atoms with Gasteiger partial charge in [-0.3, -0.25) is 4.79 Å². The van der Waals surface area contributed by atoms with E-state index in [4.69, 9.17) is 4.74 Å². The van der Waals surface area contributed by atoms with Gasteiger partial charge in [0.2, 0.25) is 5.91 Å². The molecule has 1 aliphatic carbocycles. The van der Waals surface area contributed by atoms with Crippen LogP contribution in [0.2, 0.25) is 0 Å². The third kappa shape index (κ3) is 6.94. The molecule has 6 nitrogen and oxygen atoms in total. The lowest BCUT2D eigenvalue weighted by molar-refractivity contribution is -0.120. The first-order valence-electron chi connectivity index (χ1n) is 9.75. The number of nitrogens with zero attached hydrogens (tertiary/aromatic N) is 1. The minimum Gasteiger partial charge on any atom is -0.494 e. The van der Waals surface area contributed by atoms with E-state index in [0.717, 1.165) is 30.7 Å². The van der Waals surface area contributed by atoms with E-state index in [1.54, 1.807) is 0 Å². The number of nitrogens with one attached hydrogen (secondary N) is 3. The Bertz CT molecular complexity index is 583. The van der Waals surface area contributed by atoms with Crippen molar-refractivity contribution >= 4 is 11.9 Å². The van der Waals surface area contributed by atoms with Gasteiger partial charge in [0.1, 0.15) is 5.75 Å². The molecule has 26 heavy (non-hydrogen) atoms. The van der Waals surface area contributed by atoms with Crippen molar-refractivity contribution in [3.63, 3.8) is 0 Å². The number of para-hydroxylation sites is 1. The van der Waals surface area contributed by atoms with Gasteiger partial charge in [-0.15, -0.1) is 0 Å². The quantitative estimate of drug-likeness (QED) is 0.492. The van der Waals surface area contributed by atoms with Gasteiger partial charge in [-0.05, 0) is 32.8 Å². The lowest BCUT2D eigenvalue weighted by Gasteiger charge is -2.23. The molecule has 2 rings (SSSR count). The van der Waals surface area contributed by atoms with Crippen LogP contribution in [0.5, 0.6) is 5.75 Å². The van der Waals surface area contributed by atoms with E-state index < -0.39 is 0 Å². The number of hydrogen-bond donors (Lipinski definition) is 3. The SMILES string of the molecule is CCNC(=NCc1ccccc1OCC)NCC(=O)NC1CCCCC1. The fraction of sp³-hybridized carbons (Fsp3) is 0.600. The maximum atomic E-state index is 12.2. The third-order valence-electron chi connectivity index (χ3n) is 4.41. The van der Waals surface area contributed by atoms with E-state index in [0.29, 0.717) is 25.2 Å². The maximum Gasteiger partial charge on any atom is 0.239 e. The van der Waals surface area contributed by atoms with Crippen LogP contribution in [0.1, 0.15) is 51.5 Å². The number of guanidine groups is 1.